The third-order valence-electron chi connectivity index (χ3n) is 2.53. The Morgan fingerprint density at radius 3 is 2.45 bits per heavy atom. The highest BCUT2D eigenvalue weighted by atomic mass is 35.5. The highest BCUT2D eigenvalue weighted by molar-refractivity contribution is 6.34. The molecule has 0 aliphatic carbocycles. The molecule has 1 aromatic carbocycles. The number of carbonyl (C=O) groups is 1. The van der Waals surface area contributed by atoms with E-state index in [1.165, 1.54) is 0 Å². The molecule has 0 bridgehead atoms. The van der Waals surface area contributed by atoms with Crippen molar-refractivity contribution in [2.75, 3.05) is 33.9 Å². The SMILES string of the molecule is COCCNCC(=O)N(C)Cc1cc(Cl)cc(Cl)c1.Cl. The second-order valence-electron chi connectivity index (χ2n) is 4.20. The molecule has 0 heterocycles. The highest BCUT2D eigenvalue weighted by Gasteiger charge is 2.09. The monoisotopic (exact) mass is 340 g/mol. The third kappa shape index (κ3) is 7.31. The first-order valence-corrected chi connectivity index (χ1v) is 6.67. The van der Waals surface area contributed by atoms with Gasteiger partial charge in [0.25, 0.3) is 0 Å². The van der Waals surface area contributed by atoms with Gasteiger partial charge >= 0.3 is 0 Å². The average molecular weight is 342 g/mol. The van der Waals surface area contributed by atoms with Crippen molar-refractivity contribution in [2.24, 2.45) is 0 Å². The maximum Gasteiger partial charge on any atom is 0.236 e. The lowest BCUT2D eigenvalue weighted by Crippen LogP contribution is -2.36. The summed E-state index contributed by atoms with van der Waals surface area (Å²) in [5.74, 6) is 0.00667. The van der Waals surface area contributed by atoms with Crippen molar-refractivity contribution in [1.29, 1.82) is 0 Å². The summed E-state index contributed by atoms with van der Waals surface area (Å²) in [5.41, 5.74) is 0.908. The van der Waals surface area contributed by atoms with E-state index in [-0.39, 0.29) is 24.9 Å². The zero-order valence-corrected chi connectivity index (χ0v) is 13.8. The number of nitrogens with zero attached hydrogens (tertiary/aromatic N) is 1. The Kier molecular flexibility index (Phi) is 9.98. The Hall–Kier alpha value is -0.520. The van der Waals surface area contributed by atoms with Crippen LogP contribution in [0, 0.1) is 0 Å². The van der Waals surface area contributed by atoms with E-state index in [0.717, 1.165) is 5.56 Å². The highest BCUT2D eigenvalue weighted by Crippen LogP contribution is 2.19. The molecule has 0 aromatic heterocycles. The van der Waals surface area contributed by atoms with Gasteiger partial charge in [0, 0.05) is 37.3 Å². The van der Waals surface area contributed by atoms with E-state index in [2.05, 4.69) is 5.32 Å². The molecule has 7 heteroatoms. The smallest absolute Gasteiger partial charge is 0.236 e. The van der Waals surface area contributed by atoms with Gasteiger partial charge in [-0.15, -0.1) is 12.4 Å². The van der Waals surface area contributed by atoms with Gasteiger partial charge < -0.3 is 15.0 Å². The molecule has 1 aromatic rings. The molecule has 114 valence electrons. The number of likely N-dealkylation sites (N-methyl/N-ethyl adjacent to an activating group) is 1. The van der Waals surface area contributed by atoms with Crippen molar-refractivity contribution in [1.82, 2.24) is 10.2 Å². The Bertz CT molecular complexity index is 410. The standard InChI is InChI=1S/C13H18Cl2N2O2.ClH/c1-17(13(18)8-16-3-4-19-2)9-10-5-11(14)7-12(15)6-10;/h5-7,16H,3-4,8-9H2,1-2H3;1H. The molecule has 4 nitrogen and oxygen atoms in total. The average Bonchev–Trinajstić information content (AvgIpc) is 2.33. The molecule has 0 fully saturated rings. The molecular weight excluding hydrogens is 323 g/mol. The Balaban J connectivity index is 0.00000361. The molecule has 0 saturated heterocycles. The van der Waals surface area contributed by atoms with Gasteiger partial charge in [0.1, 0.15) is 0 Å². The maximum atomic E-state index is 11.8. The first kappa shape index (κ1) is 19.5. The molecule has 0 aliphatic rings. The fraction of sp³-hybridized carbons (Fsp3) is 0.462. The number of rotatable bonds is 7. The van der Waals surface area contributed by atoms with Crippen LogP contribution in [0.5, 0.6) is 0 Å². The van der Waals surface area contributed by atoms with E-state index in [4.69, 9.17) is 27.9 Å². The molecular formula is C13H19Cl3N2O2. The lowest BCUT2D eigenvalue weighted by molar-refractivity contribution is -0.129. The predicted molar refractivity (Wildman–Crippen MR) is 84.9 cm³/mol. The molecule has 0 spiro atoms. The van der Waals surface area contributed by atoms with Gasteiger partial charge in [0.15, 0.2) is 0 Å². The van der Waals surface area contributed by atoms with Gasteiger partial charge in [-0.05, 0) is 23.8 Å². The Labute approximate surface area is 135 Å². The zero-order chi connectivity index (χ0) is 14.3. The number of nitrogens with one attached hydrogen (secondary N) is 1. The third-order valence-corrected chi connectivity index (χ3v) is 2.96. The van der Waals surface area contributed by atoms with Crippen LogP contribution in [0.15, 0.2) is 18.2 Å². The van der Waals surface area contributed by atoms with E-state index in [1.807, 2.05) is 0 Å². The molecule has 0 radical (unpaired) electrons. The van der Waals surface area contributed by atoms with Gasteiger partial charge in [0.2, 0.25) is 5.91 Å². The number of hydrogen-bond acceptors (Lipinski definition) is 3. The van der Waals surface area contributed by atoms with Crippen LogP contribution < -0.4 is 5.32 Å². The molecule has 1 amide bonds. The minimum Gasteiger partial charge on any atom is -0.383 e. The van der Waals surface area contributed by atoms with Crippen LogP contribution in [0.4, 0.5) is 0 Å². The van der Waals surface area contributed by atoms with E-state index in [1.54, 1.807) is 37.3 Å². The van der Waals surface area contributed by atoms with E-state index in [0.29, 0.717) is 29.7 Å². The lowest BCUT2D eigenvalue weighted by Gasteiger charge is -2.18. The van der Waals surface area contributed by atoms with E-state index in [9.17, 15) is 4.79 Å². The largest absolute Gasteiger partial charge is 0.383 e. The second-order valence-corrected chi connectivity index (χ2v) is 5.07. The number of methoxy groups -OCH3 is 1. The number of benzene rings is 1. The Morgan fingerprint density at radius 1 is 1.30 bits per heavy atom. The lowest BCUT2D eigenvalue weighted by atomic mass is 10.2. The van der Waals surface area contributed by atoms with Gasteiger partial charge in [-0.3, -0.25) is 4.79 Å². The molecule has 0 saturated carbocycles. The predicted octanol–water partition coefficient (Wildman–Crippen LogP) is 2.61. The summed E-state index contributed by atoms with van der Waals surface area (Å²) in [7, 11) is 3.37. The number of ether oxygens (including phenoxy) is 1. The van der Waals surface area contributed by atoms with Gasteiger partial charge in [-0.1, -0.05) is 23.2 Å². The maximum absolute atomic E-state index is 11.8. The van der Waals surface area contributed by atoms with Crippen molar-refractivity contribution in [2.45, 2.75) is 6.54 Å². The topological polar surface area (TPSA) is 41.6 Å². The van der Waals surface area contributed by atoms with Crippen molar-refractivity contribution >= 4 is 41.5 Å². The van der Waals surface area contributed by atoms with Crippen LogP contribution >= 0.6 is 35.6 Å². The van der Waals surface area contributed by atoms with Crippen LogP contribution in [0.3, 0.4) is 0 Å². The number of hydrogen-bond donors (Lipinski definition) is 1. The molecule has 1 rings (SSSR count). The molecule has 0 atom stereocenters. The number of carbonyl (C=O) groups excluding carboxylic acids is 1. The first-order valence-electron chi connectivity index (χ1n) is 5.91. The van der Waals surface area contributed by atoms with E-state index < -0.39 is 0 Å². The quantitative estimate of drug-likeness (QED) is 0.775. The van der Waals surface area contributed by atoms with Gasteiger partial charge in [0.05, 0.1) is 13.2 Å². The normalized spacial score (nSPS) is 10.0. The van der Waals surface area contributed by atoms with Crippen LogP contribution in [0.2, 0.25) is 10.0 Å². The minimum absolute atomic E-state index is 0. The summed E-state index contributed by atoms with van der Waals surface area (Å²) in [4.78, 5) is 13.5. The molecule has 0 aliphatic heterocycles. The number of halogens is 3. The number of amides is 1. The first-order chi connectivity index (χ1) is 9.02. The zero-order valence-electron chi connectivity index (χ0n) is 11.5. The fourth-order valence-electron chi connectivity index (χ4n) is 1.57. The Morgan fingerprint density at radius 2 is 1.90 bits per heavy atom. The summed E-state index contributed by atoms with van der Waals surface area (Å²) < 4.78 is 4.89. The fourth-order valence-corrected chi connectivity index (χ4v) is 2.14. The van der Waals surface area contributed by atoms with Crippen LogP contribution in [-0.4, -0.2) is 44.7 Å². The molecule has 20 heavy (non-hydrogen) atoms. The van der Waals surface area contributed by atoms with Crippen LogP contribution in [-0.2, 0) is 16.1 Å². The van der Waals surface area contributed by atoms with Crippen LogP contribution in [0.1, 0.15) is 5.56 Å². The summed E-state index contributed by atoms with van der Waals surface area (Å²) in [6.45, 7) is 2.00. The second kappa shape index (κ2) is 10.2. The molecule has 0 unspecified atom stereocenters. The summed E-state index contributed by atoms with van der Waals surface area (Å²) in [6, 6.07) is 5.27. The molecule has 1 N–H and O–H groups in total. The summed E-state index contributed by atoms with van der Waals surface area (Å²) in [5, 5.41) is 4.15. The van der Waals surface area contributed by atoms with E-state index >= 15 is 0 Å². The van der Waals surface area contributed by atoms with Crippen molar-refractivity contribution < 1.29 is 9.53 Å². The van der Waals surface area contributed by atoms with Crippen molar-refractivity contribution in [3.63, 3.8) is 0 Å². The minimum atomic E-state index is 0. The summed E-state index contributed by atoms with van der Waals surface area (Å²) >= 11 is 11.8. The van der Waals surface area contributed by atoms with Gasteiger partial charge in [-0.2, -0.15) is 0 Å². The van der Waals surface area contributed by atoms with Gasteiger partial charge in [-0.25, -0.2) is 0 Å². The van der Waals surface area contributed by atoms with Crippen LogP contribution in [0.25, 0.3) is 0 Å². The summed E-state index contributed by atoms with van der Waals surface area (Å²) in [6.07, 6.45) is 0. The van der Waals surface area contributed by atoms with Crippen molar-refractivity contribution in [3.8, 4) is 0 Å². The van der Waals surface area contributed by atoms with Crippen molar-refractivity contribution in [3.05, 3.63) is 33.8 Å².